The number of carbonyl (C=O) groups excluding carboxylic acids is 1. The average Bonchev–Trinajstić information content (AvgIpc) is 2.21. The number of nitrogens with one attached hydrogen (secondary N) is 1. The number of nitrogens with zero attached hydrogens (tertiary/aromatic N) is 1. The summed E-state index contributed by atoms with van der Waals surface area (Å²) in [6.45, 7) is 1.25. The molecule has 7 nitrogen and oxygen atoms in total. The number of hydrogen-bond donors (Lipinski definition) is 3. The van der Waals surface area contributed by atoms with E-state index in [2.05, 4.69) is 5.32 Å². The van der Waals surface area contributed by atoms with Crippen molar-refractivity contribution in [2.24, 2.45) is 5.41 Å². The number of hydrogen-bond acceptors (Lipinski definition) is 3. The fourth-order valence-electron chi connectivity index (χ4n) is 1.88. The van der Waals surface area contributed by atoms with Crippen molar-refractivity contribution in [2.45, 2.75) is 26.2 Å². The van der Waals surface area contributed by atoms with Gasteiger partial charge in [-0.25, -0.2) is 4.79 Å². The highest BCUT2D eigenvalue weighted by Gasteiger charge is 2.32. The number of carbonyl (C=O) groups is 3. The van der Waals surface area contributed by atoms with Gasteiger partial charge in [-0.15, -0.1) is 0 Å². The van der Waals surface area contributed by atoms with Crippen LogP contribution in [-0.4, -0.2) is 52.7 Å². The largest absolute Gasteiger partial charge is 0.480 e. The standard InChI is InChI=1S/C11H18N2O5/c1-11(3-2-4-11)7-12-10(18)13(5-8(14)15)6-9(16)17/h2-7H2,1H3,(H,12,18)(H,14,15)(H,16,17). The molecule has 3 N–H and O–H groups in total. The molecule has 0 saturated heterocycles. The third-order valence-electron chi connectivity index (χ3n) is 3.17. The van der Waals surface area contributed by atoms with Crippen molar-refractivity contribution in [1.29, 1.82) is 0 Å². The van der Waals surface area contributed by atoms with Gasteiger partial charge in [0.25, 0.3) is 0 Å². The highest BCUT2D eigenvalue weighted by molar-refractivity contribution is 5.84. The molecule has 102 valence electrons. The Bertz CT molecular complexity index is 335. The lowest BCUT2D eigenvalue weighted by Crippen LogP contribution is -2.49. The molecule has 0 heterocycles. The highest BCUT2D eigenvalue weighted by atomic mass is 16.4. The van der Waals surface area contributed by atoms with Crippen LogP contribution in [0, 0.1) is 5.41 Å². The van der Waals surface area contributed by atoms with Crippen LogP contribution < -0.4 is 5.32 Å². The van der Waals surface area contributed by atoms with E-state index >= 15 is 0 Å². The maximum Gasteiger partial charge on any atom is 0.323 e. The van der Waals surface area contributed by atoms with E-state index in [1.165, 1.54) is 0 Å². The zero-order valence-electron chi connectivity index (χ0n) is 10.3. The fourth-order valence-corrected chi connectivity index (χ4v) is 1.88. The van der Waals surface area contributed by atoms with Gasteiger partial charge in [0, 0.05) is 6.54 Å². The quantitative estimate of drug-likeness (QED) is 0.637. The molecule has 1 saturated carbocycles. The number of carboxylic acids is 2. The Morgan fingerprint density at radius 1 is 1.17 bits per heavy atom. The van der Waals surface area contributed by atoms with Crippen LogP contribution in [-0.2, 0) is 9.59 Å². The molecule has 1 aliphatic carbocycles. The normalized spacial score (nSPS) is 16.5. The van der Waals surface area contributed by atoms with Gasteiger partial charge in [-0.2, -0.15) is 0 Å². The number of carboxylic acid groups (broad SMARTS) is 2. The maximum absolute atomic E-state index is 11.7. The van der Waals surface area contributed by atoms with Crippen LogP contribution in [0.3, 0.4) is 0 Å². The fraction of sp³-hybridized carbons (Fsp3) is 0.727. The van der Waals surface area contributed by atoms with E-state index in [1.54, 1.807) is 0 Å². The van der Waals surface area contributed by atoms with Gasteiger partial charge in [-0.3, -0.25) is 9.59 Å². The molecule has 0 spiro atoms. The zero-order chi connectivity index (χ0) is 13.8. The molecule has 0 aromatic heterocycles. The van der Waals surface area contributed by atoms with Crippen molar-refractivity contribution in [1.82, 2.24) is 10.2 Å². The minimum atomic E-state index is -1.23. The lowest BCUT2D eigenvalue weighted by atomic mass is 9.70. The van der Waals surface area contributed by atoms with E-state index < -0.39 is 31.1 Å². The Hall–Kier alpha value is -1.79. The van der Waals surface area contributed by atoms with Crippen LogP contribution in [0.4, 0.5) is 4.79 Å². The third kappa shape index (κ3) is 4.23. The molecule has 0 aromatic rings. The lowest BCUT2D eigenvalue weighted by molar-refractivity contribution is -0.140. The van der Waals surface area contributed by atoms with Gasteiger partial charge in [-0.05, 0) is 18.3 Å². The molecule has 7 heteroatoms. The van der Waals surface area contributed by atoms with Crippen molar-refractivity contribution in [3.05, 3.63) is 0 Å². The summed E-state index contributed by atoms with van der Waals surface area (Å²) in [4.78, 5) is 33.6. The van der Waals surface area contributed by atoms with Crippen LogP contribution >= 0.6 is 0 Å². The van der Waals surface area contributed by atoms with Gasteiger partial charge in [0.2, 0.25) is 0 Å². The van der Waals surface area contributed by atoms with E-state index in [1.807, 2.05) is 6.92 Å². The third-order valence-corrected chi connectivity index (χ3v) is 3.17. The molecule has 1 aliphatic rings. The summed E-state index contributed by atoms with van der Waals surface area (Å²) in [6, 6.07) is -0.645. The molecule has 1 rings (SSSR count). The van der Waals surface area contributed by atoms with Crippen molar-refractivity contribution in [2.75, 3.05) is 19.6 Å². The van der Waals surface area contributed by atoms with Crippen molar-refractivity contribution in [3.63, 3.8) is 0 Å². The zero-order valence-corrected chi connectivity index (χ0v) is 10.3. The first-order valence-corrected chi connectivity index (χ1v) is 5.79. The Morgan fingerprint density at radius 2 is 1.67 bits per heavy atom. The smallest absolute Gasteiger partial charge is 0.323 e. The van der Waals surface area contributed by atoms with E-state index in [0.29, 0.717) is 6.54 Å². The monoisotopic (exact) mass is 258 g/mol. The number of aliphatic carboxylic acids is 2. The van der Waals surface area contributed by atoms with Crippen LogP contribution in [0.15, 0.2) is 0 Å². The number of rotatable bonds is 6. The molecule has 0 unspecified atom stereocenters. The SMILES string of the molecule is CC1(CNC(=O)N(CC(=O)O)CC(=O)O)CCC1. The number of amides is 2. The van der Waals surface area contributed by atoms with E-state index in [0.717, 1.165) is 24.2 Å². The molecule has 1 fully saturated rings. The average molecular weight is 258 g/mol. The molecule has 0 radical (unpaired) electrons. The van der Waals surface area contributed by atoms with Crippen LogP contribution in [0.2, 0.25) is 0 Å². The topological polar surface area (TPSA) is 107 Å². The van der Waals surface area contributed by atoms with E-state index in [-0.39, 0.29) is 5.41 Å². The Labute approximate surface area is 105 Å². The Balaban J connectivity index is 2.47. The second-order valence-electron chi connectivity index (χ2n) is 4.97. The molecule has 0 aromatic carbocycles. The summed E-state index contributed by atoms with van der Waals surface area (Å²) in [6.07, 6.45) is 3.16. The molecule has 0 bridgehead atoms. The van der Waals surface area contributed by atoms with Crippen molar-refractivity contribution < 1.29 is 24.6 Å². The van der Waals surface area contributed by atoms with Crippen LogP contribution in [0.25, 0.3) is 0 Å². The predicted molar refractivity (Wildman–Crippen MR) is 62.2 cm³/mol. The van der Waals surface area contributed by atoms with E-state index in [9.17, 15) is 14.4 Å². The molecule has 2 amide bonds. The molecular weight excluding hydrogens is 240 g/mol. The minimum absolute atomic E-state index is 0.0633. The summed E-state index contributed by atoms with van der Waals surface area (Å²) < 4.78 is 0. The lowest BCUT2D eigenvalue weighted by Gasteiger charge is -2.38. The van der Waals surface area contributed by atoms with Crippen LogP contribution in [0.5, 0.6) is 0 Å². The molecular formula is C11H18N2O5. The summed E-state index contributed by atoms with van der Waals surface area (Å²) in [7, 11) is 0. The van der Waals surface area contributed by atoms with Gasteiger partial charge in [0.15, 0.2) is 0 Å². The Morgan fingerprint density at radius 3 is 2.00 bits per heavy atom. The van der Waals surface area contributed by atoms with Gasteiger partial charge in [0.1, 0.15) is 13.1 Å². The summed E-state index contributed by atoms with van der Waals surface area (Å²) >= 11 is 0. The molecule has 0 aliphatic heterocycles. The summed E-state index contributed by atoms with van der Waals surface area (Å²) in [5.74, 6) is -2.47. The van der Waals surface area contributed by atoms with Gasteiger partial charge >= 0.3 is 18.0 Å². The van der Waals surface area contributed by atoms with E-state index in [4.69, 9.17) is 10.2 Å². The Kier molecular flexibility index (Phi) is 4.52. The minimum Gasteiger partial charge on any atom is -0.480 e. The molecule has 0 atom stereocenters. The second-order valence-corrected chi connectivity index (χ2v) is 4.97. The van der Waals surface area contributed by atoms with Gasteiger partial charge in [0.05, 0.1) is 0 Å². The van der Waals surface area contributed by atoms with Gasteiger partial charge in [-0.1, -0.05) is 13.3 Å². The highest BCUT2D eigenvalue weighted by Crippen LogP contribution is 2.39. The first kappa shape index (κ1) is 14.3. The van der Waals surface area contributed by atoms with Crippen molar-refractivity contribution >= 4 is 18.0 Å². The van der Waals surface area contributed by atoms with Gasteiger partial charge < -0.3 is 20.4 Å². The maximum atomic E-state index is 11.7. The van der Waals surface area contributed by atoms with Crippen LogP contribution in [0.1, 0.15) is 26.2 Å². The first-order valence-electron chi connectivity index (χ1n) is 5.79. The van der Waals surface area contributed by atoms with Crippen molar-refractivity contribution in [3.8, 4) is 0 Å². The summed E-state index contributed by atoms with van der Waals surface area (Å²) in [5, 5.41) is 19.8. The summed E-state index contributed by atoms with van der Waals surface area (Å²) in [5.41, 5.74) is 0.0633. The first-order chi connectivity index (χ1) is 8.32. The second kappa shape index (κ2) is 5.70. The predicted octanol–water partition coefficient (Wildman–Crippen LogP) is 0.357. The number of urea groups is 1. The molecule has 18 heavy (non-hydrogen) atoms.